The third-order valence-electron chi connectivity index (χ3n) is 2.83. The van der Waals surface area contributed by atoms with Crippen LogP contribution in [-0.4, -0.2) is 20.2 Å². The minimum absolute atomic E-state index is 0.0527. The van der Waals surface area contributed by atoms with Crippen LogP contribution in [0.2, 0.25) is 0 Å². The molecule has 0 spiro atoms. The Kier molecular flexibility index (Phi) is 6.56. The van der Waals surface area contributed by atoms with E-state index in [1.165, 1.54) is 19.3 Å². The second-order valence-corrected chi connectivity index (χ2v) is 7.86. The van der Waals surface area contributed by atoms with Crippen molar-refractivity contribution in [1.82, 2.24) is 4.72 Å². The van der Waals surface area contributed by atoms with Crippen LogP contribution in [0.4, 0.5) is 0 Å². The summed E-state index contributed by atoms with van der Waals surface area (Å²) < 4.78 is 25.9. The smallest absolute Gasteiger partial charge is 0.213 e. The van der Waals surface area contributed by atoms with Crippen molar-refractivity contribution < 1.29 is 8.42 Å². The van der Waals surface area contributed by atoms with Gasteiger partial charge in [0.2, 0.25) is 10.0 Å². The summed E-state index contributed by atoms with van der Waals surface area (Å²) in [7, 11) is -3.11. The maximum Gasteiger partial charge on any atom is 0.213 e. The molecule has 0 atom stereocenters. The van der Waals surface area contributed by atoms with E-state index in [0.29, 0.717) is 6.54 Å². The number of hydrogen-bond donors (Lipinski definition) is 1. The first kappa shape index (κ1) is 15.9. The van der Waals surface area contributed by atoms with Gasteiger partial charge >= 0.3 is 0 Å². The molecule has 0 aromatic carbocycles. The zero-order chi connectivity index (χ0) is 12.8. The fourth-order valence-electron chi connectivity index (χ4n) is 1.40. The fourth-order valence-corrected chi connectivity index (χ4v) is 2.33. The van der Waals surface area contributed by atoms with Gasteiger partial charge in [-0.1, -0.05) is 40.0 Å². The molecular formula is C12H27NO2S. The lowest BCUT2D eigenvalue weighted by Crippen LogP contribution is -2.37. The number of unbranched alkanes of at least 4 members (excludes halogenated alkanes) is 2. The molecule has 0 aromatic rings. The molecule has 0 aromatic heterocycles. The third kappa shape index (κ3) is 6.48. The van der Waals surface area contributed by atoms with Crippen molar-refractivity contribution in [2.75, 3.05) is 6.54 Å². The fraction of sp³-hybridized carbons (Fsp3) is 1.00. The minimum atomic E-state index is -3.11. The number of hydrogen-bond acceptors (Lipinski definition) is 2. The quantitative estimate of drug-likeness (QED) is 0.672. The molecule has 0 saturated heterocycles. The van der Waals surface area contributed by atoms with Gasteiger partial charge in [-0.15, -0.1) is 0 Å². The topological polar surface area (TPSA) is 46.2 Å². The molecule has 0 amide bonds. The van der Waals surface area contributed by atoms with Crippen LogP contribution in [0, 0.1) is 5.41 Å². The van der Waals surface area contributed by atoms with Crippen LogP contribution < -0.4 is 4.72 Å². The van der Waals surface area contributed by atoms with E-state index in [-0.39, 0.29) is 10.7 Å². The Morgan fingerprint density at radius 2 is 1.75 bits per heavy atom. The van der Waals surface area contributed by atoms with Gasteiger partial charge in [-0.2, -0.15) is 0 Å². The van der Waals surface area contributed by atoms with Gasteiger partial charge in [-0.25, -0.2) is 13.1 Å². The van der Waals surface area contributed by atoms with Crippen molar-refractivity contribution in [2.24, 2.45) is 5.41 Å². The highest BCUT2D eigenvalue weighted by molar-refractivity contribution is 7.90. The first-order valence-electron chi connectivity index (χ1n) is 6.20. The molecule has 0 aliphatic heterocycles. The maximum absolute atomic E-state index is 11.6. The number of rotatable bonds is 8. The van der Waals surface area contributed by atoms with Gasteiger partial charge in [0.25, 0.3) is 0 Å². The molecule has 0 bridgehead atoms. The van der Waals surface area contributed by atoms with Gasteiger partial charge in [-0.05, 0) is 25.7 Å². The monoisotopic (exact) mass is 249 g/mol. The van der Waals surface area contributed by atoms with E-state index in [2.05, 4.69) is 25.5 Å². The van der Waals surface area contributed by atoms with E-state index >= 15 is 0 Å². The number of nitrogens with one attached hydrogen (secondary N) is 1. The van der Waals surface area contributed by atoms with Gasteiger partial charge in [0.15, 0.2) is 0 Å². The van der Waals surface area contributed by atoms with E-state index < -0.39 is 10.0 Å². The van der Waals surface area contributed by atoms with Crippen molar-refractivity contribution in [1.29, 1.82) is 0 Å². The Balaban J connectivity index is 4.08. The summed E-state index contributed by atoms with van der Waals surface area (Å²) in [5.41, 5.74) is 0.0527. The lowest BCUT2D eigenvalue weighted by atomic mass is 9.87. The van der Waals surface area contributed by atoms with E-state index in [0.717, 1.165) is 6.42 Å². The molecule has 3 nitrogen and oxygen atoms in total. The molecule has 0 aliphatic carbocycles. The van der Waals surface area contributed by atoms with E-state index in [9.17, 15) is 8.42 Å². The lowest BCUT2D eigenvalue weighted by Gasteiger charge is -2.25. The summed E-state index contributed by atoms with van der Waals surface area (Å²) in [6, 6.07) is 0. The van der Waals surface area contributed by atoms with Crippen LogP contribution in [-0.2, 0) is 10.0 Å². The van der Waals surface area contributed by atoms with Gasteiger partial charge in [0.05, 0.1) is 5.25 Å². The van der Waals surface area contributed by atoms with Gasteiger partial charge in [0, 0.05) is 6.54 Å². The standard InChI is InChI=1S/C12H27NO2S/c1-6-7-8-9-12(4,5)10-13-16(14,15)11(2)3/h11,13H,6-10H2,1-5H3. The van der Waals surface area contributed by atoms with E-state index in [1.54, 1.807) is 13.8 Å². The average Bonchev–Trinajstić information content (AvgIpc) is 2.15. The summed E-state index contributed by atoms with van der Waals surface area (Å²) >= 11 is 0. The average molecular weight is 249 g/mol. The second kappa shape index (κ2) is 6.60. The molecular weight excluding hydrogens is 222 g/mol. The number of sulfonamides is 1. The maximum atomic E-state index is 11.6. The zero-order valence-electron chi connectivity index (χ0n) is 11.3. The van der Waals surface area contributed by atoms with Crippen molar-refractivity contribution in [3.8, 4) is 0 Å². The highest BCUT2D eigenvalue weighted by Crippen LogP contribution is 2.23. The highest BCUT2D eigenvalue weighted by atomic mass is 32.2. The summed E-state index contributed by atoms with van der Waals surface area (Å²) in [6.07, 6.45) is 4.67. The largest absolute Gasteiger partial charge is 0.214 e. The van der Waals surface area contributed by atoms with Gasteiger partial charge in [0.1, 0.15) is 0 Å². The summed E-state index contributed by atoms with van der Waals surface area (Å²) in [4.78, 5) is 0. The Morgan fingerprint density at radius 1 is 1.19 bits per heavy atom. The molecule has 98 valence electrons. The first-order valence-corrected chi connectivity index (χ1v) is 7.74. The Morgan fingerprint density at radius 3 is 2.19 bits per heavy atom. The highest BCUT2D eigenvalue weighted by Gasteiger charge is 2.22. The molecule has 0 heterocycles. The Hall–Kier alpha value is -0.0900. The molecule has 0 fully saturated rings. The van der Waals surface area contributed by atoms with Crippen molar-refractivity contribution >= 4 is 10.0 Å². The summed E-state index contributed by atoms with van der Waals surface area (Å²) in [5.74, 6) is 0. The summed E-state index contributed by atoms with van der Waals surface area (Å²) in [6.45, 7) is 10.3. The van der Waals surface area contributed by atoms with Crippen molar-refractivity contribution in [3.05, 3.63) is 0 Å². The van der Waals surface area contributed by atoms with Crippen molar-refractivity contribution in [2.45, 2.75) is 65.6 Å². The predicted octanol–water partition coefficient (Wildman–Crippen LogP) is 2.92. The van der Waals surface area contributed by atoms with Crippen molar-refractivity contribution in [3.63, 3.8) is 0 Å². The van der Waals surface area contributed by atoms with Gasteiger partial charge < -0.3 is 0 Å². The van der Waals surface area contributed by atoms with Crippen LogP contribution in [0.15, 0.2) is 0 Å². The van der Waals surface area contributed by atoms with Crippen LogP contribution in [0.3, 0.4) is 0 Å². The Labute approximate surface area is 101 Å². The van der Waals surface area contributed by atoms with Crippen LogP contribution in [0.5, 0.6) is 0 Å². The predicted molar refractivity (Wildman–Crippen MR) is 70.0 cm³/mol. The zero-order valence-corrected chi connectivity index (χ0v) is 12.2. The molecule has 1 N–H and O–H groups in total. The lowest BCUT2D eigenvalue weighted by molar-refractivity contribution is 0.320. The van der Waals surface area contributed by atoms with Crippen LogP contribution in [0.1, 0.15) is 60.3 Å². The summed E-state index contributed by atoms with van der Waals surface area (Å²) in [5, 5.41) is -0.348. The van der Waals surface area contributed by atoms with Crippen LogP contribution >= 0.6 is 0 Å². The molecule has 0 unspecified atom stereocenters. The molecule has 16 heavy (non-hydrogen) atoms. The molecule has 0 aliphatic rings. The molecule has 4 heteroatoms. The molecule has 0 radical (unpaired) electrons. The van der Waals surface area contributed by atoms with E-state index in [4.69, 9.17) is 0 Å². The third-order valence-corrected chi connectivity index (χ3v) is 4.62. The normalized spacial score (nSPS) is 13.4. The molecule has 0 rings (SSSR count). The minimum Gasteiger partial charge on any atom is -0.214 e. The Bertz CT molecular complexity index is 281. The molecule has 0 saturated carbocycles. The van der Waals surface area contributed by atoms with E-state index in [1.807, 2.05) is 0 Å². The van der Waals surface area contributed by atoms with Gasteiger partial charge in [-0.3, -0.25) is 0 Å². The first-order chi connectivity index (χ1) is 7.21. The second-order valence-electron chi connectivity index (χ2n) is 5.54. The van der Waals surface area contributed by atoms with Crippen LogP contribution in [0.25, 0.3) is 0 Å². The SMILES string of the molecule is CCCCCC(C)(C)CNS(=O)(=O)C(C)C.